The molecular weight excluding hydrogens is 226 g/mol. The number of rotatable bonds is 1. The standard InChI is InChI=1S/C11H14ClN3O/c12-8-2-3-9-10(6-8)15(11(16)7-13)5-1-4-14-9/h2-3,6,14H,1,4-5,7,13H2. The number of carbonyl (C=O) groups is 1. The zero-order valence-electron chi connectivity index (χ0n) is 8.87. The zero-order valence-corrected chi connectivity index (χ0v) is 9.63. The Bertz CT molecular complexity index is 408. The van der Waals surface area contributed by atoms with Crippen molar-refractivity contribution >= 4 is 28.9 Å². The van der Waals surface area contributed by atoms with Crippen molar-refractivity contribution in [1.29, 1.82) is 0 Å². The highest BCUT2D eigenvalue weighted by molar-refractivity contribution is 6.31. The van der Waals surface area contributed by atoms with Gasteiger partial charge in [-0.05, 0) is 24.6 Å². The average molecular weight is 240 g/mol. The molecule has 5 heteroatoms. The molecule has 3 N–H and O–H groups in total. The van der Waals surface area contributed by atoms with Gasteiger partial charge in [-0.15, -0.1) is 0 Å². The van der Waals surface area contributed by atoms with Crippen molar-refractivity contribution in [3.8, 4) is 0 Å². The number of hydrogen-bond acceptors (Lipinski definition) is 3. The second-order valence-electron chi connectivity index (χ2n) is 3.69. The molecular formula is C11H14ClN3O. The number of hydrogen-bond donors (Lipinski definition) is 2. The molecule has 0 atom stereocenters. The van der Waals surface area contributed by atoms with Crippen LogP contribution in [0.4, 0.5) is 11.4 Å². The first-order chi connectivity index (χ1) is 7.72. The Balaban J connectivity index is 2.42. The number of nitrogens with two attached hydrogens (primary N) is 1. The Labute approximate surface area is 99.4 Å². The van der Waals surface area contributed by atoms with Gasteiger partial charge in [0.25, 0.3) is 0 Å². The summed E-state index contributed by atoms with van der Waals surface area (Å²) in [6.45, 7) is 1.55. The van der Waals surface area contributed by atoms with Gasteiger partial charge in [-0.2, -0.15) is 0 Å². The van der Waals surface area contributed by atoms with E-state index in [1.807, 2.05) is 12.1 Å². The number of nitrogens with one attached hydrogen (secondary N) is 1. The summed E-state index contributed by atoms with van der Waals surface area (Å²) in [6, 6.07) is 5.49. The van der Waals surface area contributed by atoms with E-state index in [1.54, 1.807) is 11.0 Å². The van der Waals surface area contributed by atoms with Crippen LogP contribution in [0.15, 0.2) is 18.2 Å². The topological polar surface area (TPSA) is 58.4 Å². The van der Waals surface area contributed by atoms with Gasteiger partial charge >= 0.3 is 0 Å². The Kier molecular flexibility index (Phi) is 3.31. The lowest BCUT2D eigenvalue weighted by Crippen LogP contribution is -2.36. The van der Waals surface area contributed by atoms with E-state index in [0.29, 0.717) is 11.6 Å². The molecule has 0 aromatic heterocycles. The molecule has 1 aliphatic heterocycles. The fraction of sp³-hybridized carbons (Fsp3) is 0.364. The molecule has 16 heavy (non-hydrogen) atoms. The molecule has 1 heterocycles. The first-order valence-electron chi connectivity index (χ1n) is 5.26. The van der Waals surface area contributed by atoms with Crippen molar-refractivity contribution in [1.82, 2.24) is 0 Å². The summed E-state index contributed by atoms with van der Waals surface area (Å²) in [4.78, 5) is 13.4. The molecule has 1 amide bonds. The maximum Gasteiger partial charge on any atom is 0.240 e. The van der Waals surface area contributed by atoms with E-state index in [-0.39, 0.29) is 12.5 Å². The Morgan fingerprint density at radius 1 is 1.56 bits per heavy atom. The molecule has 86 valence electrons. The van der Waals surface area contributed by atoms with Crippen molar-refractivity contribution in [3.05, 3.63) is 23.2 Å². The highest BCUT2D eigenvalue weighted by Crippen LogP contribution is 2.31. The largest absolute Gasteiger partial charge is 0.383 e. The highest BCUT2D eigenvalue weighted by atomic mass is 35.5. The molecule has 0 aliphatic carbocycles. The summed E-state index contributed by atoms with van der Waals surface area (Å²) in [7, 11) is 0. The number of benzene rings is 1. The van der Waals surface area contributed by atoms with Crippen LogP contribution in [0, 0.1) is 0 Å². The van der Waals surface area contributed by atoms with E-state index in [0.717, 1.165) is 24.3 Å². The molecule has 2 rings (SSSR count). The molecule has 0 fully saturated rings. The van der Waals surface area contributed by atoms with E-state index >= 15 is 0 Å². The fourth-order valence-electron chi connectivity index (χ4n) is 1.83. The molecule has 0 saturated heterocycles. The van der Waals surface area contributed by atoms with Crippen molar-refractivity contribution in [2.75, 3.05) is 29.9 Å². The molecule has 4 nitrogen and oxygen atoms in total. The van der Waals surface area contributed by atoms with Crippen molar-refractivity contribution in [2.45, 2.75) is 6.42 Å². The number of carbonyl (C=O) groups excluding carboxylic acids is 1. The van der Waals surface area contributed by atoms with Gasteiger partial charge in [0.15, 0.2) is 0 Å². The van der Waals surface area contributed by atoms with E-state index in [9.17, 15) is 4.79 Å². The molecule has 1 aromatic carbocycles. The fourth-order valence-corrected chi connectivity index (χ4v) is 1.99. The molecule has 0 spiro atoms. The second kappa shape index (κ2) is 4.72. The van der Waals surface area contributed by atoms with Crippen LogP contribution in [0.3, 0.4) is 0 Å². The third-order valence-corrected chi connectivity index (χ3v) is 2.84. The summed E-state index contributed by atoms with van der Waals surface area (Å²) in [6.07, 6.45) is 0.901. The van der Waals surface area contributed by atoms with Crippen molar-refractivity contribution in [2.24, 2.45) is 5.73 Å². The van der Waals surface area contributed by atoms with E-state index in [2.05, 4.69) is 5.32 Å². The zero-order chi connectivity index (χ0) is 11.5. The van der Waals surface area contributed by atoms with Gasteiger partial charge < -0.3 is 16.0 Å². The maximum absolute atomic E-state index is 11.7. The number of amides is 1. The Hall–Kier alpha value is -1.26. The van der Waals surface area contributed by atoms with Crippen LogP contribution in [-0.4, -0.2) is 25.5 Å². The lowest BCUT2D eigenvalue weighted by molar-refractivity contribution is -0.117. The van der Waals surface area contributed by atoms with Gasteiger partial charge in [0.2, 0.25) is 5.91 Å². The Morgan fingerprint density at radius 2 is 2.38 bits per heavy atom. The minimum atomic E-state index is -0.0767. The summed E-state index contributed by atoms with van der Waals surface area (Å²) in [5, 5.41) is 3.89. The monoisotopic (exact) mass is 239 g/mol. The Morgan fingerprint density at radius 3 is 3.12 bits per heavy atom. The molecule has 1 aromatic rings. The van der Waals surface area contributed by atoms with Gasteiger partial charge in [0, 0.05) is 18.1 Å². The number of nitrogens with zero attached hydrogens (tertiary/aromatic N) is 1. The minimum Gasteiger partial charge on any atom is -0.383 e. The van der Waals surface area contributed by atoms with Crippen LogP contribution in [0.25, 0.3) is 0 Å². The second-order valence-corrected chi connectivity index (χ2v) is 4.13. The van der Waals surface area contributed by atoms with Gasteiger partial charge in [0.05, 0.1) is 17.9 Å². The van der Waals surface area contributed by atoms with Gasteiger partial charge in [-0.25, -0.2) is 0 Å². The maximum atomic E-state index is 11.7. The van der Waals surface area contributed by atoms with Crippen LogP contribution in [0.5, 0.6) is 0 Å². The van der Waals surface area contributed by atoms with Crippen molar-refractivity contribution in [3.63, 3.8) is 0 Å². The first kappa shape index (κ1) is 11.2. The highest BCUT2D eigenvalue weighted by Gasteiger charge is 2.19. The van der Waals surface area contributed by atoms with Gasteiger partial charge in [-0.3, -0.25) is 4.79 Å². The summed E-state index contributed by atoms with van der Waals surface area (Å²) < 4.78 is 0. The van der Waals surface area contributed by atoms with Gasteiger partial charge in [-0.1, -0.05) is 11.6 Å². The lowest BCUT2D eigenvalue weighted by atomic mass is 10.2. The predicted octanol–water partition coefficient (Wildman–Crippen LogP) is 1.45. The first-order valence-corrected chi connectivity index (χ1v) is 5.64. The van der Waals surface area contributed by atoms with E-state index < -0.39 is 0 Å². The minimum absolute atomic E-state index is 0.0198. The predicted molar refractivity (Wildman–Crippen MR) is 66.0 cm³/mol. The summed E-state index contributed by atoms with van der Waals surface area (Å²) in [5.74, 6) is -0.0767. The van der Waals surface area contributed by atoms with Crippen LogP contribution in [0.2, 0.25) is 5.02 Å². The van der Waals surface area contributed by atoms with Crippen LogP contribution in [0.1, 0.15) is 6.42 Å². The average Bonchev–Trinajstić information content (AvgIpc) is 2.50. The SMILES string of the molecule is NCC(=O)N1CCCNc2ccc(Cl)cc21. The molecule has 1 aliphatic rings. The van der Waals surface area contributed by atoms with Crippen LogP contribution in [-0.2, 0) is 4.79 Å². The smallest absolute Gasteiger partial charge is 0.240 e. The van der Waals surface area contributed by atoms with Gasteiger partial charge in [0.1, 0.15) is 0 Å². The number of halogens is 1. The van der Waals surface area contributed by atoms with Crippen LogP contribution < -0.4 is 16.0 Å². The normalized spacial score (nSPS) is 15.0. The quantitative estimate of drug-likeness (QED) is 0.780. The lowest BCUT2D eigenvalue weighted by Gasteiger charge is -2.21. The molecule has 0 saturated carbocycles. The van der Waals surface area contributed by atoms with E-state index in [1.165, 1.54) is 0 Å². The molecule has 0 bridgehead atoms. The summed E-state index contributed by atoms with van der Waals surface area (Å²) >= 11 is 5.95. The molecule has 0 radical (unpaired) electrons. The number of fused-ring (bicyclic) bond motifs is 1. The molecule has 0 unspecified atom stereocenters. The van der Waals surface area contributed by atoms with Crippen molar-refractivity contribution < 1.29 is 4.79 Å². The van der Waals surface area contributed by atoms with E-state index in [4.69, 9.17) is 17.3 Å². The summed E-state index contributed by atoms with van der Waals surface area (Å²) in [5.41, 5.74) is 7.16. The van der Waals surface area contributed by atoms with Crippen LogP contribution >= 0.6 is 11.6 Å². The third kappa shape index (κ3) is 2.13. The third-order valence-electron chi connectivity index (χ3n) is 2.60. The number of anilines is 2.